The Hall–Kier alpha value is -1.23. The zero-order chi connectivity index (χ0) is 13.5. The molecule has 104 valence electrons. The lowest BCUT2D eigenvalue weighted by Gasteiger charge is -2.34. The van der Waals surface area contributed by atoms with Crippen molar-refractivity contribution in [3.63, 3.8) is 0 Å². The molecule has 0 aromatic heterocycles. The van der Waals surface area contributed by atoms with E-state index in [2.05, 4.69) is 11.4 Å². The third-order valence-electron chi connectivity index (χ3n) is 3.84. The SMILES string of the molecule is CC1(Oc2ccc3c(c2)NCC3)CCCS(=O)(=O)C1. The highest BCUT2D eigenvalue weighted by molar-refractivity contribution is 7.91. The van der Waals surface area contributed by atoms with Crippen LogP contribution in [0.5, 0.6) is 5.75 Å². The molecule has 0 radical (unpaired) electrons. The average molecular weight is 281 g/mol. The maximum Gasteiger partial charge on any atom is 0.154 e. The van der Waals surface area contributed by atoms with E-state index in [1.54, 1.807) is 0 Å². The van der Waals surface area contributed by atoms with Gasteiger partial charge in [0.25, 0.3) is 0 Å². The molecule has 0 saturated carbocycles. The number of hydrogen-bond acceptors (Lipinski definition) is 4. The monoisotopic (exact) mass is 281 g/mol. The van der Waals surface area contributed by atoms with E-state index in [9.17, 15) is 8.42 Å². The third kappa shape index (κ3) is 2.71. The van der Waals surface area contributed by atoms with Crippen molar-refractivity contribution in [2.75, 3.05) is 23.4 Å². The van der Waals surface area contributed by atoms with Gasteiger partial charge < -0.3 is 10.1 Å². The lowest BCUT2D eigenvalue weighted by molar-refractivity contribution is 0.0978. The summed E-state index contributed by atoms with van der Waals surface area (Å²) in [6.07, 6.45) is 2.51. The molecule has 4 nitrogen and oxygen atoms in total. The van der Waals surface area contributed by atoms with E-state index < -0.39 is 15.4 Å². The minimum absolute atomic E-state index is 0.116. The normalized spacial score (nSPS) is 28.5. The Morgan fingerprint density at radius 3 is 3.00 bits per heavy atom. The zero-order valence-electron chi connectivity index (χ0n) is 11.1. The van der Waals surface area contributed by atoms with E-state index in [-0.39, 0.29) is 11.5 Å². The summed E-state index contributed by atoms with van der Waals surface area (Å²) >= 11 is 0. The third-order valence-corrected chi connectivity index (χ3v) is 5.80. The molecule has 0 amide bonds. The van der Waals surface area contributed by atoms with Crippen LogP contribution in [0.1, 0.15) is 25.3 Å². The molecule has 1 aromatic carbocycles. The summed E-state index contributed by atoms with van der Waals surface area (Å²) in [4.78, 5) is 0. The number of rotatable bonds is 2. The molecule has 1 fully saturated rings. The molecule has 1 aromatic rings. The van der Waals surface area contributed by atoms with E-state index in [4.69, 9.17) is 4.74 Å². The lowest BCUT2D eigenvalue weighted by atomic mass is 10.0. The van der Waals surface area contributed by atoms with E-state index >= 15 is 0 Å². The Morgan fingerprint density at radius 2 is 2.21 bits per heavy atom. The molecule has 1 saturated heterocycles. The molecule has 0 spiro atoms. The van der Waals surface area contributed by atoms with E-state index in [0.717, 1.165) is 30.8 Å². The average Bonchev–Trinajstić information content (AvgIpc) is 2.73. The van der Waals surface area contributed by atoms with Gasteiger partial charge in [-0.15, -0.1) is 0 Å². The van der Waals surface area contributed by atoms with Crippen molar-refractivity contribution in [2.24, 2.45) is 0 Å². The molecule has 1 atom stereocenters. The Labute approximate surface area is 114 Å². The van der Waals surface area contributed by atoms with Crippen molar-refractivity contribution in [3.05, 3.63) is 23.8 Å². The van der Waals surface area contributed by atoms with Gasteiger partial charge in [-0.25, -0.2) is 8.42 Å². The fraction of sp³-hybridized carbons (Fsp3) is 0.571. The molecule has 2 heterocycles. The number of fused-ring (bicyclic) bond motifs is 1. The fourth-order valence-electron chi connectivity index (χ4n) is 2.97. The minimum atomic E-state index is -2.96. The van der Waals surface area contributed by atoms with Crippen LogP contribution >= 0.6 is 0 Å². The molecular weight excluding hydrogens is 262 g/mol. The van der Waals surface area contributed by atoms with Crippen LogP contribution in [0, 0.1) is 0 Å². The molecular formula is C14H19NO3S. The molecule has 1 unspecified atom stereocenters. The second-order valence-corrected chi connectivity index (χ2v) is 7.93. The van der Waals surface area contributed by atoms with Gasteiger partial charge in [0.1, 0.15) is 11.4 Å². The number of nitrogens with one attached hydrogen (secondary N) is 1. The van der Waals surface area contributed by atoms with Crippen LogP contribution in [0.2, 0.25) is 0 Å². The Balaban J connectivity index is 1.81. The smallest absolute Gasteiger partial charge is 0.154 e. The van der Waals surface area contributed by atoms with Gasteiger partial charge >= 0.3 is 0 Å². The second kappa shape index (κ2) is 4.40. The van der Waals surface area contributed by atoms with Gasteiger partial charge in [0, 0.05) is 18.3 Å². The second-order valence-electron chi connectivity index (χ2n) is 5.74. The first-order valence-electron chi connectivity index (χ1n) is 6.72. The quantitative estimate of drug-likeness (QED) is 0.901. The molecule has 2 aliphatic heterocycles. The largest absolute Gasteiger partial charge is 0.486 e. The molecule has 1 N–H and O–H groups in total. The van der Waals surface area contributed by atoms with Crippen LogP contribution in [0.25, 0.3) is 0 Å². The van der Waals surface area contributed by atoms with Gasteiger partial charge in [0.05, 0.1) is 11.5 Å². The Kier molecular flexibility index (Phi) is 2.96. The highest BCUT2D eigenvalue weighted by Gasteiger charge is 2.37. The van der Waals surface area contributed by atoms with Crippen LogP contribution in [-0.4, -0.2) is 32.1 Å². The summed E-state index contributed by atoms with van der Waals surface area (Å²) in [6.45, 7) is 2.86. The predicted molar refractivity (Wildman–Crippen MR) is 75.6 cm³/mol. The standard InChI is InChI=1S/C14H19NO3S/c1-14(6-2-8-19(16,17)10-14)18-12-4-3-11-5-7-15-13(11)9-12/h3-4,9,15H,2,5-8,10H2,1H3. The first-order valence-corrected chi connectivity index (χ1v) is 8.54. The molecule has 0 bridgehead atoms. The number of hydrogen-bond donors (Lipinski definition) is 1. The van der Waals surface area contributed by atoms with Crippen LogP contribution in [0.4, 0.5) is 5.69 Å². The summed E-state index contributed by atoms with van der Waals surface area (Å²) in [7, 11) is -2.96. The van der Waals surface area contributed by atoms with Gasteiger partial charge in [-0.3, -0.25) is 0 Å². The van der Waals surface area contributed by atoms with Crippen LogP contribution in [0.15, 0.2) is 18.2 Å². The van der Waals surface area contributed by atoms with E-state index in [0.29, 0.717) is 6.42 Å². The maximum atomic E-state index is 11.8. The summed E-state index contributed by atoms with van der Waals surface area (Å²) < 4.78 is 29.5. The van der Waals surface area contributed by atoms with Crippen LogP contribution in [0.3, 0.4) is 0 Å². The van der Waals surface area contributed by atoms with Gasteiger partial charge in [-0.1, -0.05) is 6.07 Å². The van der Waals surface area contributed by atoms with Crippen LogP contribution in [-0.2, 0) is 16.3 Å². The van der Waals surface area contributed by atoms with Gasteiger partial charge in [0.15, 0.2) is 9.84 Å². The predicted octanol–water partition coefficient (Wildman–Crippen LogP) is 2.00. The number of benzene rings is 1. The summed E-state index contributed by atoms with van der Waals surface area (Å²) in [5, 5.41) is 3.31. The first-order chi connectivity index (χ1) is 8.96. The summed E-state index contributed by atoms with van der Waals surface area (Å²) in [5.41, 5.74) is 1.82. The highest BCUT2D eigenvalue weighted by atomic mass is 32.2. The maximum absolute atomic E-state index is 11.8. The zero-order valence-corrected chi connectivity index (χ0v) is 11.9. The van der Waals surface area contributed by atoms with E-state index in [1.165, 1.54) is 5.56 Å². The van der Waals surface area contributed by atoms with E-state index in [1.807, 2.05) is 19.1 Å². The first kappa shape index (κ1) is 12.8. The number of ether oxygens (including phenoxy) is 1. The molecule has 19 heavy (non-hydrogen) atoms. The van der Waals surface area contributed by atoms with Gasteiger partial charge in [-0.2, -0.15) is 0 Å². The summed E-state index contributed by atoms with van der Waals surface area (Å²) in [6, 6.07) is 5.98. The minimum Gasteiger partial charge on any atom is -0.486 e. The fourth-order valence-corrected chi connectivity index (χ4v) is 4.84. The molecule has 0 aliphatic carbocycles. The van der Waals surface area contributed by atoms with Crippen molar-refractivity contribution in [1.82, 2.24) is 0 Å². The molecule has 2 aliphatic rings. The topological polar surface area (TPSA) is 55.4 Å². The number of anilines is 1. The summed E-state index contributed by atoms with van der Waals surface area (Å²) in [5.74, 6) is 1.16. The Morgan fingerprint density at radius 1 is 1.37 bits per heavy atom. The lowest BCUT2D eigenvalue weighted by Crippen LogP contribution is -2.44. The van der Waals surface area contributed by atoms with Crippen molar-refractivity contribution >= 4 is 15.5 Å². The number of sulfone groups is 1. The van der Waals surface area contributed by atoms with Gasteiger partial charge in [-0.05, 0) is 37.8 Å². The Bertz CT molecular complexity index is 597. The van der Waals surface area contributed by atoms with Crippen molar-refractivity contribution in [3.8, 4) is 5.75 Å². The van der Waals surface area contributed by atoms with Gasteiger partial charge in [0.2, 0.25) is 0 Å². The highest BCUT2D eigenvalue weighted by Crippen LogP contribution is 2.32. The molecule has 5 heteroatoms. The van der Waals surface area contributed by atoms with Crippen molar-refractivity contribution in [1.29, 1.82) is 0 Å². The molecule has 3 rings (SSSR count). The van der Waals surface area contributed by atoms with Crippen molar-refractivity contribution in [2.45, 2.75) is 31.8 Å². The van der Waals surface area contributed by atoms with Crippen LogP contribution < -0.4 is 10.1 Å². The van der Waals surface area contributed by atoms with Crippen molar-refractivity contribution < 1.29 is 13.2 Å².